The molecule has 4 rings (SSSR count). The predicted molar refractivity (Wildman–Crippen MR) is 94.6 cm³/mol. The molecule has 1 aliphatic carbocycles. The van der Waals surface area contributed by atoms with E-state index in [0.29, 0.717) is 19.8 Å². The Morgan fingerprint density at radius 2 is 1.88 bits per heavy atom. The zero-order valence-corrected chi connectivity index (χ0v) is 13.9. The number of carbonyl (C=O) groups is 1. The number of hydrogen-bond acceptors (Lipinski definition) is 4. The minimum absolute atomic E-state index is 0.0867. The van der Waals surface area contributed by atoms with Crippen molar-refractivity contribution in [3.8, 4) is 11.5 Å². The Balaban J connectivity index is 1.35. The van der Waals surface area contributed by atoms with Crippen molar-refractivity contribution in [1.29, 1.82) is 0 Å². The normalized spacial score (nSPS) is 17.3. The first-order chi connectivity index (χ1) is 12.3. The monoisotopic (exact) mass is 336 g/mol. The summed E-state index contributed by atoms with van der Waals surface area (Å²) in [6.07, 6.45) is 9.16. The predicted octanol–water partition coefficient (Wildman–Crippen LogP) is 2.71. The van der Waals surface area contributed by atoms with E-state index < -0.39 is 0 Å². The minimum Gasteiger partial charge on any atom is -0.486 e. The second-order valence-corrected chi connectivity index (χ2v) is 6.47. The summed E-state index contributed by atoms with van der Waals surface area (Å²) < 4.78 is 11.1. The molecular weight excluding hydrogens is 316 g/mol. The topological polar surface area (TPSA) is 60.5 Å². The number of pyridine rings is 1. The van der Waals surface area contributed by atoms with E-state index in [4.69, 9.17) is 9.47 Å². The molecule has 1 amide bonds. The number of nitrogens with one attached hydrogen (secondary N) is 1. The molecule has 1 N–H and O–H groups in total. The number of nitrogens with zero attached hydrogens (tertiary/aromatic N) is 1. The average molecular weight is 336 g/mol. The van der Waals surface area contributed by atoms with Gasteiger partial charge in [-0.3, -0.25) is 9.78 Å². The first-order valence-corrected chi connectivity index (χ1v) is 8.51. The van der Waals surface area contributed by atoms with Crippen LogP contribution in [0.5, 0.6) is 11.5 Å². The lowest BCUT2D eigenvalue weighted by atomic mass is 9.97. The van der Waals surface area contributed by atoms with Gasteiger partial charge < -0.3 is 14.8 Å². The summed E-state index contributed by atoms with van der Waals surface area (Å²) in [6, 6.07) is 9.73. The van der Waals surface area contributed by atoms with Crippen molar-refractivity contribution in [3.05, 3.63) is 59.9 Å². The largest absolute Gasteiger partial charge is 0.486 e. The Morgan fingerprint density at radius 3 is 2.64 bits per heavy atom. The molecule has 25 heavy (non-hydrogen) atoms. The van der Waals surface area contributed by atoms with E-state index in [-0.39, 0.29) is 11.3 Å². The lowest BCUT2D eigenvalue weighted by Crippen LogP contribution is -2.31. The lowest BCUT2D eigenvalue weighted by molar-refractivity contribution is -0.116. The zero-order chi connectivity index (χ0) is 17.1. The first-order valence-electron chi connectivity index (χ1n) is 8.51. The minimum atomic E-state index is -0.0878. The highest BCUT2D eigenvalue weighted by molar-refractivity contribution is 5.91. The molecule has 1 aromatic heterocycles. The van der Waals surface area contributed by atoms with Gasteiger partial charge in [-0.25, -0.2) is 0 Å². The van der Waals surface area contributed by atoms with Gasteiger partial charge in [0.2, 0.25) is 5.91 Å². The maximum Gasteiger partial charge on any atom is 0.244 e. The van der Waals surface area contributed by atoms with Crippen LogP contribution in [0.25, 0.3) is 6.08 Å². The fraction of sp³-hybridized carbons (Fsp3) is 0.300. The fourth-order valence-electron chi connectivity index (χ4n) is 3.07. The third-order valence-electron chi connectivity index (χ3n) is 4.74. The summed E-state index contributed by atoms with van der Waals surface area (Å²) in [5.74, 6) is 1.39. The van der Waals surface area contributed by atoms with Crippen LogP contribution in [0.4, 0.5) is 0 Å². The van der Waals surface area contributed by atoms with Gasteiger partial charge in [-0.05, 0) is 54.3 Å². The number of benzene rings is 1. The van der Waals surface area contributed by atoms with Crippen LogP contribution in [0.3, 0.4) is 0 Å². The molecule has 5 heteroatoms. The number of carbonyl (C=O) groups excluding carboxylic acids is 1. The Morgan fingerprint density at radius 1 is 1.12 bits per heavy atom. The van der Waals surface area contributed by atoms with E-state index in [1.807, 2.05) is 30.3 Å². The number of aromatic nitrogens is 1. The smallest absolute Gasteiger partial charge is 0.244 e. The highest BCUT2D eigenvalue weighted by Gasteiger charge is 2.44. The van der Waals surface area contributed by atoms with Crippen LogP contribution >= 0.6 is 0 Å². The number of hydrogen-bond donors (Lipinski definition) is 1. The van der Waals surface area contributed by atoms with E-state index in [1.165, 1.54) is 5.56 Å². The molecule has 0 atom stereocenters. The summed E-state index contributed by atoms with van der Waals surface area (Å²) in [5, 5.41) is 3.01. The summed E-state index contributed by atoms with van der Waals surface area (Å²) in [7, 11) is 0. The second kappa shape index (κ2) is 6.59. The van der Waals surface area contributed by atoms with Gasteiger partial charge >= 0.3 is 0 Å². The molecule has 0 unspecified atom stereocenters. The summed E-state index contributed by atoms with van der Waals surface area (Å²) in [6.45, 7) is 1.78. The standard InChI is InChI=1S/C20H20N2O3/c23-19(22-14-20(7-8-20)16-5-9-21-10-6-16)4-2-15-1-3-17-18(13-15)25-12-11-24-17/h1-6,9-10,13H,7-8,11-12,14H2,(H,22,23). The maximum absolute atomic E-state index is 12.1. The summed E-state index contributed by atoms with van der Waals surface area (Å²) >= 11 is 0. The van der Waals surface area contributed by atoms with Gasteiger partial charge in [-0.1, -0.05) is 6.07 Å². The van der Waals surface area contributed by atoms with Gasteiger partial charge in [-0.2, -0.15) is 0 Å². The van der Waals surface area contributed by atoms with Gasteiger partial charge in [0.15, 0.2) is 11.5 Å². The number of rotatable bonds is 5. The SMILES string of the molecule is O=C(C=Cc1ccc2c(c1)OCCO2)NCC1(c2ccncc2)CC1. The van der Waals surface area contributed by atoms with Crippen molar-refractivity contribution in [1.82, 2.24) is 10.3 Å². The maximum atomic E-state index is 12.1. The van der Waals surface area contributed by atoms with Crippen LogP contribution in [0.15, 0.2) is 48.8 Å². The van der Waals surface area contributed by atoms with Gasteiger partial charge in [0.1, 0.15) is 13.2 Å². The molecule has 0 spiro atoms. The molecule has 128 valence electrons. The van der Waals surface area contributed by atoms with E-state index in [1.54, 1.807) is 24.5 Å². The third kappa shape index (κ3) is 3.50. The Labute approximate surface area is 146 Å². The van der Waals surface area contributed by atoms with Gasteiger partial charge in [-0.15, -0.1) is 0 Å². The fourth-order valence-corrected chi connectivity index (χ4v) is 3.07. The van der Waals surface area contributed by atoms with Crippen LogP contribution in [-0.4, -0.2) is 30.6 Å². The summed E-state index contributed by atoms with van der Waals surface area (Å²) in [5.41, 5.74) is 2.25. The molecule has 2 aliphatic rings. The highest BCUT2D eigenvalue weighted by atomic mass is 16.6. The van der Waals surface area contributed by atoms with Crippen LogP contribution in [0.2, 0.25) is 0 Å². The molecule has 2 aromatic rings. The molecule has 5 nitrogen and oxygen atoms in total. The Kier molecular flexibility index (Phi) is 4.14. The molecule has 1 fully saturated rings. The molecule has 1 aliphatic heterocycles. The van der Waals surface area contributed by atoms with Crippen LogP contribution < -0.4 is 14.8 Å². The van der Waals surface area contributed by atoms with Crippen molar-refractivity contribution in [3.63, 3.8) is 0 Å². The van der Waals surface area contributed by atoms with E-state index in [0.717, 1.165) is 29.9 Å². The average Bonchev–Trinajstić information content (AvgIpc) is 3.46. The molecule has 2 heterocycles. The van der Waals surface area contributed by atoms with Gasteiger partial charge in [0.05, 0.1) is 0 Å². The van der Waals surface area contributed by atoms with Crippen LogP contribution in [0.1, 0.15) is 24.0 Å². The number of fused-ring (bicyclic) bond motifs is 1. The van der Waals surface area contributed by atoms with Crippen molar-refractivity contribution in [2.45, 2.75) is 18.3 Å². The van der Waals surface area contributed by atoms with E-state index >= 15 is 0 Å². The molecule has 0 saturated heterocycles. The Hall–Kier alpha value is -2.82. The van der Waals surface area contributed by atoms with Crippen molar-refractivity contribution < 1.29 is 14.3 Å². The zero-order valence-electron chi connectivity index (χ0n) is 13.9. The molecule has 1 saturated carbocycles. The number of ether oxygens (including phenoxy) is 2. The number of amides is 1. The lowest BCUT2D eigenvalue weighted by Gasteiger charge is -2.18. The quantitative estimate of drug-likeness (QED) is 0.853. The van der Waals surface area contributed by atoms with Gasteiger partial charge in [0, 0.05) is 30.4 Å². The Bertz CT molecular complexity index is 798. The van der Waals surface area contributed by atoms with Crippen molar-refractivity contribution in [2.24, 2.45) is 0 Å². The van der Waals surface area contributed by atoms with Crippen molar-refractivity contribution >= 4 is 12.0 Å². The summed E-state index contributed by atoms with van der Waals surface area (Å²) in [4.78, 5) is 16.2. The van der Waals surface area contributed by atoms with Crippen LogP contribution in [0, 0.1) is 0 Å². The molecule has 0 bridgehead atoms. The van der Waals surface area contributed by atoms with Crippen molar-refractivity contribution in [2.75, 3.05) is 19.8 Å². The van der Waals surface area contributed by atoms with E-state index in [9.17, 15) is 4.79 Å². The molecular formula is C20H20N2O3. The van der Waals surface area contributed by atoms with E-state index in [2.05, 4.69) is 10.3 Å². The van der Waals surface area contributed by atoms with Gasteiger partial charge in [0.25, 0.3) is 0 Å². The second-order valence-electron chi connectivity index (χ2n) is 6.47. The molecule has 0 radical (unpaired) electrons. The third-order valence-corrected chi connectivity index (χ3v) is 4.74. The highest BCUT2D eigenvalue weighted by Crippen LogP contribution is 2.47. The van der Waals surface area contributed by atoms with Crippen LogP contribution in [-0.2, 0) is 10.2 Å². The molecule has 1 aromatic carbocycles. The first kappa shape index (κ1) is 15.7.